The maximum atomic E-state index is 14.0. The van der Waals surface area contributed by atoms with Gasteiger partial charge in [-0.3, -0.25) is 14.5 Å². The topological polar surface area (TPSA) is 83.0 Å². The number of rotatable bonds is 6. The number of thiazole rings is 1. The molecule has 0 spiro atoms. The van der Waals surface area contributed by atoms with E-state index in [1.54, 1.807) is 19.9 Å². The van der Waals surface area contributed by atoms with E-state index in [0.717, 1.165) is 18.1 Å². The zero-order valence-corrected chi connectivity index (χ0v) is 18.2. The molecule has 3 heterocycles. The lowest BCUT2D eigenvalue weighted by molar-refractivity contribution is -0.129. The van der Waals surface area contributed by atoms with Gasteiger partial charge in [0.15, 0.2) is 5.76 Å². The number of ketones is 1. The summed E-state index contributed by atoms with van der Waals surface area (Å²) in [5.74, 6) is -2.12. The third-order valence-electron chi connectivity index (χ3n) is 5.58. The molecular formula is C22H24FN3O4S. The van der Waals surface area contributed by atoms with E-state index < -0.39 is 29.3 Å². The summed E-state index contributed by atoms with van der Waals surface area (Å²) in [6.45, 7) is 7.11. The number of aromatic nitrogens is 1. The summed E-state index contributed by atoms with van der Waals surface area (Å²) in [6.07, 6.45) is 0. The maximum absolute atomic E-state index is 14.0. The van der Waals surface area contributed by atoms with E-state index >= 15 is 0 Å². The first-order chi connectivity index (χ1) is 14.9. The average Bonchev–Trinajstić information content (AvgIpc) is 3.22. The number of aryl methyl sites for hydroxylation is 2. The Kier molecular flexibility index (Phi) is 6.17. The molecule has 31 heavy (non-hydrogen) atoms. The van der Waals surface area contributed by atoms with Crippen molar-refractivity contribution in [1.29, 1.82) is 0 Å². The van der Waals surface area contributed by atoms with Gasteiger partial charge in [0, 0.05) is 26.2 Å². The van der Waals surface area contributed by atoms with Crippen molar-refractivity contribution >= 4 is 23.0 Å². The van der Waals surface area contributed by atoms with Gasteiger partial charge in [-0.15, -0.1) is 11.3 Å². The predicted octanol–water partition coefficient (Wildman–Crippen LogP) is 2.81. The fourth-order valence-corrected chi connectivity index (χ4v) is 4.95. The van der Waals surface area contributed by atoms with Gasteiger partial charge in [-0.25, -0.2) is 9.37 Å². The molecular weight excluding hydrogens is 421 g/mol. The second-order valence-electron chi connectivity index (χ2n) is 7.65. The minimum atomic E-state index is -0.862. The molecule has 4 rings (SSSR count). The van der Waals surface area contributed by atoms with Gasteiger partial charge in [0.25, 0.3) is 5.91 Å². The summed E-state index contributed by atoms with van der Waals surface area (Å²) < 4.78 is 19.4. The van der Waals surface area contributed by atoms with E-state index in [9.17, 15) is 19.1 Å². The van der Waals surface area contributed by atoms with Gasteiger partial charge in [-0.05, 0) is 31.5 Å². The molecule has 2 aliphatic heterocycles. The van der Waals surface area contributed by atoms with Gasteiger partial charge >= 0.3 is 0 Å². The van der Waals surface area contributed by atoms with E-state index in [1.165, 1.54) is 34.4 Å². The molecule has 2 aromatic rings. The number of hydrogen-bond donors (Lipinski definition) is 1. The minimum absolute atomic E-state index is 0.0238. The van der Waals surface area contributed by atoms with Crippen molar-refractivity contribution in [3.8, 4) is 0 Å². The molecule has 1 fully saturated rings. The van der Waals surface area contributed by atoms with Crippen molar-refractivity contribution in [2.45, 2.75) is 19.9 Å². The second kappa shape index (κ2) is 8.86. The number of carbonyl (C=O) groups is 2. The van der Waals surface area contributed by atoms with Crippen molar-refractivity contribution in [3.63, 3.8) is 0 Å². The summed E-state index contributed by atoms with van der Waals surface area (Å²) in [5.41, 5.74) is 0.968. The maximum Gasteiger partial charge on any atom is 0.290 e. The van der Waals surface area contributed by atoms with Crippen LogP contribution in [0.3, 0.4) is 0 Å². The van der Waals surface area contributed by atoms with Crippen LogP contribution >= 0.6 is 11.3 Å². The largest absolute Gasteiger partial charge is 0.503 e. The summed E-state index contributed by atoms with van der Waals surface area (Å²) >= 11 is 1.22. The Morgan fingerprint density at radius 2 is 2.03 bits per heavy atom. The molecule has 7 nitrogen and oxygen atoms in total. The van der Waals surface area contributed by atoms with Crippen molar-refractivity contribution in [1.82, 2.24) is 14.8 Å². The molecule has 1 aromatic carbocycles. The van der Waals surface area contributed by atoms with Gasteiger partial charge in [0.2, 0.25) is 5.78 Å². The summed E-state index contributed by atoms with van der Waals surface area (Å²) in [7, 11) is 0. The van der Waals surface area contributed by atoms with E-state index in [0.29, 0.717) is 42.4 Å². The van der Waals surface area contributed by atoms with E-state index in [-0.39, 0.29) is 5.57 Å². The number of aliphatic hydroxyl groups is 1. The standard InChI is InChI=1S/C22H24FN3O4S/c1-13-21(31-14(2)24-13)19(27)17-18(15-4-3-5-16(23)12-15)26(22(29)20(17)28)7-6-25-8-10-30-11-9-25/h3-5,12,18,28H,6-11H2,1-2H3/t18-/m1/s1. The van der Waals surface area contributed by atoms with Gasteiger partial charge in [0.05, 0.1) is 40.4 Å². The number of nitrogens with zero attached hydrogens (tertiary/aromatic N) is 3. The van der Waals surface area contributed by atoms with Crippen LogP contribution in [0.1, 0.15) is 32.0 Å². The third kappa shape index (κ3) is 4.26. The highest BCUT2D eigenvalue weighted by Gasteiger charge is 2.44. The van der Waals surface area contributed by atoms with Crippen LogP contribution in [0.4, 0.5) is 4.39 Å². The lowest BCUT2D eigenvalue weighted by Gasteiger charge is -2.31. The van der Waals surface area contributed by atoms with Crippen molar-refractivity contribution in [2.75, 3.05) is 39.4 Å². The van der Waals surface area contributed by atoms with E-state index in [4.69, 9.17) is 4.74 Å². The van der Waals surface area contributed by atoms with Crippen LogP contribution < -0.4 is 0 Å². The highest BCUT2D eigenvalue weighted by molar-refractivity contribution is 7.14. The lowest BCUT2D eigenvalue weighted by Crippen LogP contribution is -2.43. The molecule has 0 unspecified atom stereocenters. The number of carbonyl (C=O) groups excluding carboxylic acids is 2. The van der Waals surface area contributed by atoms with E-state index in [2.05, 4.69) is 9.88 Å². The molecule has 1 aromatic heterocycles. The zero-order valence-electron chi connectivity index (χ0n) is 17.4. The quantitative estimate of drug-likeness (QED) is 0.689. The number of amides is 1. The molecule has 1 saturated heterocycles. The smallest absolute Gasteiger partial charge is 0.290 e. The predicted molar refractivity (Wildman–Crippen MR) is 114 cm³/mol. The summed E-state index contributed by atoms with van der Waals surface area (Å²) in [5, 5.41) is 11.4. The molecule has 1 N–H and O–H groups in total. The number of morpholine rings is 1. The van der Waals surface area contributed by atoms with Crippen molar-refractivity contribution in [2.24, 2.45) is 0 Å². The lowest BCUT2D eigenvalue weighted by atomic mass is 9.95. The molecule has 1 atom stereocenters. The number of ether oxygens (including phenoxy) is 1. The van der Waals surface area contributed by atoms with Gasteiger partial charge in [0.1, 0.15) is 5.82 Å². The van der Waals surface area contributed by atoms with Crippen LogP contribution in [0.5, 0.6) is 0 Å². The third-order valence-corrected chi connectivity index (χ3v) is 6.65. The van der Waals surface area contributed by atoms with Crippen LogP contribution in [0.2, 0.25) is 0 Å². The molecule has 9 heteroatoms. The Morgan fingerprint density at radius 3 is 2.68 bits per heavy atom. The molecule has 0 aliphatic carbocycles. The molecule has 1 amide bonds. The number of Topliss-reactive ketones (excluding diaryl/α,β-unsaturated/α-hetero) is 1. The number of aliphatic hydroxyl groups excluding tert-OH is 1. The highest BCUT2D eigenvalue weighted by atomic mass is 32.1. The molecule has 164 valence electrons. The molecule has 0 bridgehead atoms. The first kappa shape index (κ1) is 21.6. The Hall–Kier alpha value is -2.62. The van der Waals surface area contributed by atoms with Gasteiger partial charge in [-0.2, -0.15) is 0 Å². The first-order valence-corrected chi connectivity index (χ1v) is 11.0. The average molecular weight is 446 g/mol. The zero-order chi connectivity index (χ0) is 22.1. The van der Waals surface area contributed by atoms with Crippen molar-refractivity contribution in [3.05, 3.63) is 62.6 Å². The van der Waals surface area contributed by atoms with Crippen LogP contribution in [0.25, 0.3) is 0 Å². The number of hydrogen-bond acceptors (Lipinski definition) is 7. The fraction of sp³-hybridized carbons (Fsp3) is 0.409. The minimum Gasteiger partial charge on any atom is -0.503 e. The summed E-state index contributed by atoms with van der Waals surface area (Å²) in [6, 6.07) is 4.95. The molecule has 2 aliphatic rings. The second-order valence-corrected chi connectivity index (χ2v) is 8.85. The van der Waals surface area contributed by atoms with Gasteiger partial charge in [-0.1, -0.05) is 12.1 Å². The Morgan fingerprint density at radius 1 is 1.29 bits per heavy atom. The van der Waals surface area contributed by atoms with Crippen LogP contribution in [-0.4, -0.2) is 71.0 Å². The fourth-order valence-electron chi connectivity index (χ4n) is 4.08. The number of halogens is 1. The molecule has 0 saturated carbocycles. The van der Waals surface area contributed by atoms with Crippen LogP contribution in [-0.2, 0) is 9.53 Å². The first-order valence-electron chi connectivity index (χ1n) is 10.1. The number of benzene rings is 1. The normalized spacial score (nSPS) is 20.0. The molecule has 0 radical (unpaired) electrons. The van der Waals surface area contributed by atoms with Crippen molar-refractivity contribution < 1.29 is 23.8 Å². The van der Waals surface area contributed by atoms with Crippen LogP contribution in [0.15, 0.2) is 35.6 Å². The van der Waals surface area contributed by atoms with Gasteiger partial charge < -0.3 is 14.7 Å². The van der Waals surface area contributed by atoms with Crippen LogP contribution in [0, 0.1) is 19.7 Å². The Bertz CT molecular complexity index is 1050. The monoisotopic (exact) mass is 445 g/mol. The highest BCUT2D eigenvalue weighted by Crippen LogP contribution is 2.40. The summed E-state index contributed by atoms with van der Waals surface area (Å²) in [4.78, 5) is 34.7. The Balaban J connectivity index is 1.70. The Labute approximate surface area is 183 Å². The van der Waals surface area contributed by atoms with E-state index in [1.807, 2.05) is 0 Å². The SMILES string of the molecule is Cc1nc(C)c(C(=O)C2=C(O)C(=O)N(CCN3CCOCC3)[C@@H]2c2cccc(F)c2)s1.